The molecule has 0 saturated heterocycles. The number of methoxy groups -OCH3 is 1. The van der Waals surface area contributed by atoms with Crippen molar-refractivity contribution in [1.29, 1.82) is 0 Å². The summed E-state index contributed by atoms with van der Waals surface area (Å²) in [5.74, 6) is 0.816. The SMILES string of the molecule is CCSc1nnc2c(n1)OC(c1cc(OC)cc(Br)c1OC(C)=O)N(C(C)=O)c1ccccc1-2. The average Bonchev–Trinajstić information content (AvgIpc) is 2.94. The molecule has 9 nitrogen and oxygen atoms in total. The molecule has 0 saturated carbocycles. The Morgan fingerprint density at radius 3 is 2.65 bits per heavy atom. The van der Waals surface area contributed by atoms with Gasteiger partial charge in [0, 0.05) is 19.4 Å². The van der Waals surface area contributed by atoms with Gasteiger partial charge in [-0.3, -0.25) is 14.5 Å². The van der Waals surface area contributed by atoms with Gasteiger partial charge in [-0.15, -0.1) is 10.2 Å². The summed E-state index contributed by atoms with van der Waals surface area (Å²) in [6, 6.07) is 10.6. The maximum absolute atomic E-state index is 13.0. The molecule has 2 heterocycles. The van der Waals surface area contributed by atoms with Crippen molar-refractivity contribution < 1.29 is 23.8 Å². The Hall–Kier alpha value is -3.18. The maximum Gasteiger partial charge on any atom is 0.308 e. The highest BCUT2D eigenvalue weighted by Crippen LogP contribution is 2.47. The van der Waals surface area contributed by atoms with Crippen LogP contribution in [0.2, 0.25) is 0 Å². The van der Waals surface area contributed by atoms with Crippen LogP contribution in [0.25, 0.3) is 11.3 Å². The van der Waals surface area contributed by atoms with E-state index < -0.39 is 12.2 Å². The molecule has 0 radical (unpaired) electrons. The Bertz CT molecular complexity index is 1270. The lowest BCUT2D eigenvalue weighted by atomic mass is 10.1. The normalized spacial score (nSPS) is 14.4. The van der Waals surface area contributed by atoms with Crippen molar-refractivity contribution in [3.05, 3.63) is 46.4 Å². The number of rotatable bonds is 5. The Morgan fingerprint density at radius 1 is 1.21 bits per heavy atom. The molecule has 1 atom stereocenters. The highest BCUT2D eigenvalue weighted by Gasteiger charge is 2.37. The first-order chi connectivity index (χ1) is 16.3. The van der Waals surface area contributed by atoms with Gasteiger partial charge in [-0.2, -0.15) is 4.98 Å². The zero-order valence-electron chi connectivity index (χ0n) is 18.9. The topological polar surface area (TPSA) is 104 Å². The van der Waals surface area contributed by atoms with Crippen molar-refractivity contribution in [3.8, 4) is 28.6 Å². The number of halogens is 1. The van der Waals surface area contributed by atoms with Crippen LogP contribution in [-0.4, -0.2) is 39.9 Å². The van der Waals surface area contributed by atoms with E-state index in [1.54, 1.807) is 18.2 Å². The van der Waals surface area contributed by atoms with Gasteiger partial charge in [-0.05, 0) is 39.9 Å². The lowest BCUT2D eigenvalue weighted by Crippen LogP contribution is -2.36. The predicted octanol–water partition coefficient (Wildman–Crippen LogP) is 4.79. The molecule has 0 aliphatic carbocycles. The van der Waals surface area contributed by atoms with Gasteiger partial charge >= 0.3 is 5.97 Å². The Labute approximate surface area is 209 Å². The average molecular weight is 545 g/mol. The standard InChI is InChI=1S/C23H21BrN4O5S/c1-5-34-23-25-21-19(26-27-23)15-8-6-7-9-18(15)28(12(2)29)22(33-21)16-10-14(31-4)11-17(24)20(16)32-13(3)30/h6-11,22H,5H2,1-4H3. The van der Waals surface area contributed by atoms with Gasteiger partial charge in [0.25, 0.3) is 0 Å². The highest BCUT2D eigenvalue weighted by atomic mass is 79.9. The van der Waals surface area contributed by atoms with E-state index in [1.165, 1.54) is 37.6 Å². The number of fused-ring (bicyclic) bond motifs is 3. The number of para-hydroxylation sites is 1. The van der Waals surface area contributed by atoms with Crippen LogP contribution in [0.4, 0.5) is 5.69 Å². The van der Waals surface area contributed by atoms with Gasteiger partial charge in [-0.1, -0.05) is 36.9 Å². The number of amides is 1. The van der Waals surface area contributed by atoms with Crippen LogP contribution < -0.4 is 19.1 Å². The number of hydrogen-bond acceptors (Lipinski definition) is 9. The summed E-state index contributed by atoms with van der Waals surface area (Å²) in [4.78, 5) is 31.0. The molecule has 1 aromatic heterocycles. The molecule has 0 N–H and O–H groups in total. The summed E-state index contributed by atoms with van der Waals surface area (Å²) >= 11 is 4.87. The number of anilines is 1. The van der Waals surface area contributed by atoms with E-state index in [2.05, 4.69) is 31.1 Å². The third kappa shape index (κ3) is 4.58. The zero-order chi connectivity index (χ0) is 24.4. The van der Waals surface area contributed by atoms with E-state index >= 15 is 0 Å². The number of carbonyl (C=O) groups is 2. The third-order valence-electron chi connectivity index (χ3n) is 4.92. The minimum Gasteiger partial charge on any atom is -0.497 e. The molecule has 1 aliphatic heterocycles. The first-order valence-electron chi connectivity index (χ1n) is 10.3. The van der Waals surface area contributed by atoms with Crippen LogP contribution in [0.15, 0.2) is 46.0 Å². The molecule has 0 bridgehead atoms. The summed E-state index contributed by atoms with van der Waals surface area (Å²) < 4.78 is 17.8. The predicted molar refractivity (Wildman–Crippen MR) is 130 cm³/mol. The maximum atomic E-state index is 13.0. The molecule has 34 heavy (non-hydrogen) atoms. The number of hydrogen-bond donors (Lipinski definition) is 0. The number of benzene rings is 2. The van der Waals surface area contributed by atoms with Gasteiger partial charge in [0.2, 0.25) is 23.2 Å². The molecule has 11 heteroatoms. The van der Waals surface area contributed by atoms with Crippen molar-refractivity contribution in [1.82, 2.24) is 15.2 Å². The minimum absolute atomic E-state index is 0.204. The minimum atomic E-state index is -1.04. The van der Waals surface area contributed by atoms with E-state index in [1.807, 2.05) is 25.1 Å². The summed E-state index contributed by atoms with van der Waals surface area (Å²) in [6.45, 7) is 4.71. The van der Waals surface area contributed by atoms with Gasteiger partial charge in [0.1, 0.15) is 5.75 Å². The number of thioether (sulfide) groups is 1. The number of esters is 1. The molecule has 2 aromatic carbocycles. The summed E-state index contributed by atoms with van der Waals surface area (Å²) in [7, 11) is 1.52. The fourth-order valence-corrected chi connectivity index (χ4v) is 4.63. The quantitative estimate of drug-likeness (QED) is 0.254. The number of aromatic nitrogens is 3. The van der Waals surface area contributed by atoms with Crippen LogP contribution in [0.1, 0.15) is 32.6 Å². The van der Waals surface area contributed by atoms with Gasteiger partial charge in [0.15, 0.2) is 11.4 Å². The monoisotopic (exact) mass is 544 g/mol. The second-order valence-electron chi connectivity index (χ2n) is 7.18. The smallest absolute Gasteiger partial charge is 0.308 e. The fraction of sp³-hybridized carbons (Fsp3) is 0.261. The Balaban J connectivity index is 2.01. The third-order valence-corrected chi connectivity index (χ3v) is 6.23. The first-order valence-corrected chi connectivity index (χ1v) is 12.1. The second kappa shape index (κ2) is 9.98. The van der Waals surface area contributed by atoms with E-state index in [0.717, 1.165) is 5.75 Å². The molecule has 1 aliphatic rings. The molecular weight excluding hydrogens is 524 g/mol. The largest absolute Gasteiger partial charge is 0.497 e. The van der Waals surface area contributed by atoms with Crippen LogP contribution in [0, 0.1) is 0 Å². The first kappa shape index (κ1) is 24.0. The number of carbonyl (C=O) groups excluding carboxylic acids is 2. The van der Waals surface area contributed by atoms with E-state index in [0.29, 0.717) is 37.9 Å². The van der Waals surface area contributed by atoms with Gasteiger partial charge in [-0.25, -0.2) is 0 Å². The number of nitrogens with zero attached hydrogens (tertiary/aromatic N) is 4. The van der Waals surface area contributed by atoms with E-state index in [-0.39, 0.29) is 17.5 Å². The molecule has 176 valence electrons. The summed E-state index contributed by atoms with van der Waals surface area (Å²) in [5, 5.41) is 9.02. The van der Waals surface area contributed by atoms with Crippen LogP contribution in [0.3, 0.4) is 0 Å². The Kier molecular flexibility index (Phi) is 7.03. The summed E-state index contributed by atoms with van der Waals surface area (Å²) in [6.07, 6.45) is -1.04. The second-order valence-corrected chi connectivity index (χ2v) is 9.26. The van der Waals surface area contributed by atoms with Crippen molar-refractivity contribution in [3.63, 3.8) is 0 Å². The molecule has 1 unspecified atom stereocenters. The molecule has 4 rings (SSSR count). The van der Waals surface area contributed by atoms with Gasteiger partial charge in [0.05, 0.1) is 22.8 Å². The zero-order valence-corrected chi connectivity index (χ0v) is 21.3. The molecule has 0 fully saturated rings. The fourth-order valence-electron chi connectivity index (χ4n) is 3.59. The summed E-state index contributed by atoms with van der Waals surface area (Å²) in [5.41, 5.74) is 1.99. The van der Waals surface area contributed by atoms with Crippen molar-refractivity contribution in [2.45, 2.75) is 32.2 Å². The molecular formula is C23H21BrN4O5S. The van der Waals surface area contributed by atoms with E-state index in [4.69, 9.17) is 14.2 Å². The Morgan fingerprint density at radius 2 is 1.97 bits per heavy atom. The number of ether oxygens (including phenoxy) is 3. The van der Waals surface area contributed by atoms with Gasteiger partial charge < -0.3 is 14.2 Å². The molecule has 1 amide bonds. The lowest BCUT2D eigenvalue weighted by Gasteiger charge is -2.31. The molecule has 0 spiro atoms. The highest BCUT2D eigenvalue weighted by molar-refractivity contribution is 9.10. The van der Waals surface area contributed by atoms with Crippen LogP contribution in [0.5, 0.6) is 17.4 Å². The van der Waals surface area contributed by atoms with Crippen molar-refractivity contribution in [2.75, 3.05) is 17.8 Å². The molecule has 3 aromatic rings. The van der Waals surface area contributed by atoms with Crippen LogP contribution in [-0.2, 0) is 9.59 Å². The van der Waals surface area contributed by atoms with Crippen LogP contribution >= 0.6 is 27.7 Å². The lowest BCUT2D eigenvalue weighted by molar-refractivity contribution is -0.132. The van der Waals surface area contributed by atoms with E-state index in [9.17, 15) is 9.59 Å². The van der Waals surface area contributed by atoms with Crippen molar-refractivity contribution in [2.24, 2.45) is 0 Å². The van der Waals surface area contributed by atoms with Crippen molar-refractivity contribution >= 4 is 45.3 Å².